The second-order valence-corrected chi connectivity index (χ2v) is 8.55. The van der Waals surface area contributed by atoms with Gasteiger partial charge in [0.15, 0.2) is 5.96 Å². The van der Waals surface area contributed by atoms with Gasteiger partial charge in [-0.25, -0.2) is 9.97 Å². The molecule has 1 atom stereocenters. The van der Waals surface area contributed by atoms with Crippen LogP contribution in [0.5, 0.6) is 0 Å². The van der Waals surface area contributed by atoms with Crippen LogP contribution in [0.15, 0.2) is 29.5 Å². The number of rotatable bonds is 8. The zero-order valence-electron chi connectivity index (χ0n) is 17.7. The molecule has 0 aliphatic carbocycles. The van der Waals surface area contributed by atoms with E-state index in [4.69, 9.17) is 5.73 Å². The van der Waals surface area contributed by atoms with Crippen molar-refractivity contribution in [1.29, 1.82) is 0 Å². The molecule has 9 heteroatoms. The van der Waals surface area contributed by atoms with E-state index >= 15 is 0 Å². The van der Waals surface area contributed by atoms with E-state index < -0.39 is 0 Å². The van der Waals surface area contributed by atoms with Gasteiger partial charge in [-0.05, 0) is 25.3 Å². The summed E-state index contributed by atoms with van der Waals surface area (Å²) in [5, 5.41) is 7.85. The molecule has 0 radical (unpaired) electrons. The number of amides is 1. The van der Waals surface area contributed by atoms with E-state index in [2.05, 4.69) is 43.5 Å². The summed E-state index contributed by atoms with van der Waals surface area (Å²) in [7, 11) is 1.76. The fraction of sp³-hybridized carbons (Fsp3) is 0.524. The Labute approximate surface area is 182 Å². The molecule has 3 rings (SSSR count). The summed E-state index contributed by atoms with van der Waals surface area (Å²) < 4.78 is 0. The highest BCUT2D eigenvalue weighted by Gasteiger charge is 2.25. The maximum Gasteiger partial charge on any atom is 0.222 e. The summed E-state index contributed by atoms with van der Waals surface area (Å²) >= 11 is 1.76. The lowest BCUT2D eigenvalue weighted by molar-refractivity contribution is -0.122. The molecule has 4 N–H and O–H groups in total. The molecule has 0 saturated carbocycles. The molecule has 162 valence electrons. The number of hydrogen-bond acceptors (Lipinski definition) is 6. The van der Waals surface area contributed by atoms with Crippen molar-refractivity contribution in [3.63, 3.8) is 0 Å². The minimum atomic E-state index is -0.230. The number of nitrogens with two attached hydrogens (primary N) is 1. The third-order valence-corrected chi connectivity index (χ3v) is 6.44. The van der Waals surface area contributed by atoms with Crippen LogP contribution in [0, 0.1) is 5.92 Å². The smallest absolute Gasteiger partial charge is 0.222 e. The summed E-state index contributed by atoms with van der Waals surface area (Å²) in [6, 6.07) is 3.98. The lowest BCUT2D eigenvalue weighted by atomic mass is 9.97. The number of anilines is 1. The van der Waals surface area contributed by atoms with Crippen LogP contribution in [0.3, 0.4) is 0 Å². The van der Waals surface area contributed by atoms with E-state index in [1.54, 1.807) is 24.6 Å². The van der Waals surface area contributed by atoms with Gasteiger partial charge >= 0.3 is 0 Å². The maximum absolute atomic E-state index is 11.6. The molecule has 0 spiro atoms. The average Bonchev–Trinajstić information content (AvgIpc) is 3.24. The van der Waals surface area contributed by atoms with Crippen molar-refractivity contribution in [2.45, 2.75) is 39.2 Å². The minimum absolute atomic E-state index is 0.116. The van der Waals surface area contributed by atoms with Crippen molar-refractivity contribution in [2.24, 2.45) is 16.6 Å². The molecule has 0 bridgehead atoms. The lowest BCUT2D eigenvalue weighted by Gasteiger charge is -2.33. The summed E-state index contributed by atoms with van der Waals surface area (Å²) in [4.78, 5) is 28.5. The maximum atomic E-state index is 11.6. The van der Waals surface area contributed by atoms with Crippen molar-refractivity contribution in [3.05, 3.63) is 40.0 Å². The third kappa shape index (κ3) is 5.91. The number of aryl methyl sites for hydroxylation is 1. The highest BCUT2D eigenvalue weighted by molar-refractivity contribution is 7.11. The van der Waals surface area contributed by atoms with E-state index in [1.165, 1.54) is 4.88 Å². The number of pyridine rings is 1. The molecule has 1 aliphatic rings. The van der Waals surface area contributed by atoms with Gasteiger partial charge in [-0.1, -0.05) is 13.0 Å². The second-order valence-electron chi connectivity index (χ2n) is 7.35. The molecule has 30 heavy (non-hydrogen) atoms. The molecule has 2 aromatic heterocycles. The minimum Gasteiger partial charge on any atom is -0.369 e. The molecule has 1 amide bonds. The fourth-order valence-electron chi connectivity index (χ4n) is 3.57. The number of nitrogens with zero attached hydrogens (tertiary/aromatic N) is 4. The number of primary amides is 1. The van der Waals surface area contributed by atoms with Crippen molar-refractivity contribution in [2.75, 3.05) is 31.6 Å². The molecule has 1 unspecified atom stereocenters. The number of aromatic nitrogens is 2. The number of carbonyl (C=O) groups is 1. The van der Waals surface area contributed by atoms with Crippen LogP contribution in [0.4, 0.5) is 5.82 Å². The zero-order valence-corrected chi connectivity index (χ0v) is 18.5. The second kappa shape index (κ2) is 10.9. The molecule has 0 aromatic carbocycles. The van der Waals surface area contributed by atoms with Crippen molar-refractivity contribution in [1.82, 2.24) is 20.6 Å². The van der Waals surface area contributed by atoms with Crippen LogP contribution in [-0.4, -0.2) is 48.5 Å². The quantitative estimate of drug-likeness (QED) is 0.435. The van der Waals surface area contributed by atoms with Crippen molar-refractivity contribution < 1.29 is 4.79 Å². The number of guanidine groups is 1. The first-order chi connectivity index (χ1) is 14.6. The Morgan fingerprint density at radius 3 is 3.00 bits per heavy atom. The predicted molar refractivity (Wildman–Crippen MR) is 122 cm³/mol. The lowest BCUT2D eigenvalue weighted by Crippen LogP contribution is -2.42. The molecule has 8 nitrogen and oxygen atoms in total. The van der Waals surface area contributed by atoms with Gasteiger partial charge in [-0.3, -0.25) is 9.79 Å². The molecular formula is C21H31N7OS. The van der Waals surface area contributed by atoms with E-state index in [1.807, 2.05) is 12.3 Å². The van der Waals surface area contributed by atoms with Gasteiger partial charge < -0.3 is 21.3 Å². The van der Waals surface area contributed by atoms with Gasteiger partial charge in [-0.15, -0.1) is 11.3 Å². The number of nitrogens with one attached hydrogen (secondary N) is 2. The van der Waals surface area contributed by atoms with Crippen molar-refractivity contribution in [3.8, 4) is 0 Å². The Kier molecular flexibility index (Phi) is 8.01. The molecule has 3 heterocycles. The van der Waals surface area contributed by atoms with E-state index in [9.17, 15) is 4.79 Å². The summed E-state index contributed by atoms with van der Waals surface area (Å²) in [6.45, 7) is 5.01. The Morgan fingerprint density at radius 1 is 1.40 bits per heavy atom. The van der Waals surface area contributed by atoms with Crippen LogP contribution in [0.2, 0.25) is 0 Å². The van der Waals surface area contributed by atoms with Gasteiger partial charge in [0.1, 0.15) is 5.82 Å². The van der Waals surface area contributed by atoms with Gasteiger partial charge in [0.05, 0.1) is 10.9 Å². The Balaban J connectivity index is 1.54. The number of aliphatic imine (C=N–C) groups is 1. The molecular weight excluding hydrogens is 398 g/mol. The molecule has 1 saturated heterocycles. The van der Waals surface area contributed by atoms with E-state index in [0.717, 1.165) is 61.1 Å². The number of thiazole rings is 1. The number of piperidine rings is 1. The van der Waals surface area contributed by atoms with Gasteiger partial charge in [0.2, 0.25) is 5.91 Å². The van der Waals surface area contributed by atoms with E-state index in [-0.39, 0.29) is 11.8 Å². The number of hydrogen-bond donors (Lipinski definition) is 3. The van der Waals surface area contributed by atoms with Crippen LogP contribution in [0.25, 0.3) is 0 Å². The largest absolute Gasteiger partial charge is 0.369 e. The normalized spacial score (nSPS) is 17.1. The number of carbonyl (C=O) groups excluding carboxylic acids is 1. The first kappa shape index (κ1) is 22.0. The highest BCUT2D eigenvalue weighted by atomic mass is 32.1. The topological polar surface area (TPSA) is 109 Å². The summed E-state index contributed by atoms with van der Waals surface area (Å²) in [5.41, 5.74) is 6.60. The molecule has 2 aromatic rings. The molecule has 1 fully saturated rings. The summed E-state index contributed by atoms with van der Waals surface area (Å²) in [6.07, 6.45) is 7.43. The fourth-order valence-corrected chi connectivity index (χ4v) is 4.43. The first-order valence-electron chi connectivity index (χ1n) is 10.5. The van der Waals surface area contributed by atoms with Gasteiger partial charge in [-0.2, -0.15) is 0 Å². The van der Waals surface area contributed by atoms with Crippen molar-refractivity contribution >= 4 is 29.0 Å². The van der Waals surface area contributed by atoms with Crippen LogP contribution < -0.4 is 21.3 Å². The highest BCUT2D eigenvalue weighted by Crippen LogP contribution is 2.24. The Morgan fingerprint density at radius 2 is 2.27 bits per heavy atom. The van der Waals surface area contributed by atoms with Crippen LogP contribution in [-0.2, 0) is 24.2 Å². The Bertz CT molecular complexity index is 867. The van der Waals surface area contributed by atoms with E-state index in [0.29, 0.717) is 13.1 Å². The standard InChI is InChI=1S/C21H31N7OS/c1-3-17-13-26-18(30-17)8-10-25-21(23-2)27-12-15-6-4-9-24-20(15)28-11-5-7-16(14-28)19(22)29/h4,6,9,13,16H,3,5,7-8,10-12,14H2,1-2H3,(H2,22,29)(H2,23,25,27). The van der Waals surface area contributed by atoms with Gasteiger partial charge in [0, 0.05) is 62.5 Å². The Hall–Kier alpha value is -2.68. The first-order valence-corrected chi connectivity index (χ1v) is 11.3. The van der Waals surface area contributed by atoms with Gasteiger partial charge in [0.25, 0.3) is 0 Å². The summed E-state index contributed by atoms with van der Waals surface area (Å²) in [5.74, 6) is 1.30. The predicted octanol–water partition coefficient (Wildman–Crippen LogP) is 1.71. The molecule has 1 aliphatic heterocycles. The average molecular weight is 430 g/mol. The van der Waals surface area contributed by atoms with Crippen LogP contribution in [0.1, 0.15) is 35.2 Å². The van der Waals surface area contributed by atoms with Crippen LogP contribution >= 0.6 is 11.3 Å². The third-order valence-electron chi connectivity index (χ3n) is 5.24. The SMILES string of the molecule is CCc1cnc(CCNC(=NC)NCc2cccnc2N2CCCC(C(N)=O)C2)s1. The monoisotopic (exact) mass is 429 g/mol. The zero-order chi connectivity index (χ0) is 21.3.